The minimum atomic E-state index is -0.497. The molecule has 3 aromatic heterocycles. The van der Waals surface area contributed by atoms with Gasteiger partial charge in [0.25, 0.3) is 0 Å². The van der Waals surface area contributed by atoms with E-state index in [0.29, 0.717) is 65.9 Å². The highest BCUT2D eigenvalue weighted by Gasteiger charge is 2.38. The van der Waals surface area contributed by atoms with E-state index in [9.17, 15) is 14.7 Å². The lowest BCUT2D eigenvalue weighted by Crippen LogP contribution is -2.42. The summed E-state index contributed by atoms with van der Waals surface area (Å²) < 4.78 is 7.76. The first kappa shape index (κ1) is 50.2. The van der Waals surface area contributed by atoms with Crippen LogP contribution >= 0.6 is 23.2 Å². The molecule has 14 heteroatoms. The lowest BCUT2D eigenvalue weighted by Gasteiger charge is -2.37. The number of benzene rings is 3. The Bertz CT molecular complexity index is 3050. The summed E-state index contributed by atoms with van der Waals surface area (Å²) in [6.45, 7) is 11.1. The molecule has 4 aliphatic rings. The molecule has 0 spiro atoms. The van der Waals surface area contributed by atoms with Gasteiger partial charge in [0.1, 0.15) is 11.4 Å². The Morgan fingerprint density at radius 1 is 0.750 bits per heavy atom. The van der Waals surface area contributed by atoms with Gasteiger partial charge >= 0.3 is 12.1 Å². The maximum Gasteiger partial charge on any atom is 0.410 e. The highest BCUT2D eigenvalue weighted by Crippen LogP contribution is 2.47. The van der Waals surface area contributed by atoms with E-state index in [1.807, 2.05) is 92.9 Å². The number of aromatic nitrogens is 4. The van der Waals surface area contributed by atoms with Crippen molar-refractivity contribution in [1.82, 2.24) is 29.3 Å². The second-order valence-electron chi connectivity index (χ2n) is 19.9. The van der Waals surface area contributed by atoms with Crippen LogP contribution in [0.5, 0.6) is 0 Å². The molecule has 6 aromatic rings. The van der Waals surface area contributed by atoms with E-state index >= 15 is 0 Å². The molecular formula is C58H60Cl2N8O4. The number of hydrogen-bond acceptors (Lipinski definition) is 8. The van der Waals surface area contributed by atoms with Crippen LogP contribution in [-0.4, -0.2) is 84.9 Å². The molecule has 5 heterocycles. The fraction of sp³-hybridized carbons (Fsp3) is 0.345. The molecule has 2 fully saturated rings. The van der Waals surface area contributed by atoms with Crippen LogP contribution in [0.15, 0.2) is 110 Å². The quantitative estimate of drug-likeness (QED) is 0.161. The van der Waals surface area contributed by atoms with Crippen LogP contribution in [0.2, 0.25) is 10.0 Å². The number of hydrogen-bond donors (Lipinski definition) is 2. The zero-order valence-corrected chi connectivity index (χ0v) is 42.7. The highest BCUT2D eigenvalue weighted by atomic mass is 35.5. The van der Waals surface area contributed by atoms with Crippen molar-refractivity contribution in [2.45, 2.75) is 83.8 Å². The maximum atomic E-state index is 13.0. The molecule has 3 aromatic carbocycles. The third-order valence-electron chi connectivity index (χ3n) is 14.2. The van der Waals surface area contributed by atoms with E-state index in [1.54, 1.807) is 29.2 Å². The van der Waals surface area contributed by atoms with E-state index in [4.69, 9.17) is 43.2 Å². The predicted octanol–water partition coefficient (Wildman–Crippen LogP) is 12.4. The van der Waals surface area contributed by atoms with Crippen LogP contribution < -0.4 is 5.32 Å². The fourth-order valence-electron chi connectivity index (χ4n) is 10.8. The highest BCUT2D eigenvalue weighted by molar-refractivity contribution is 6.31. The van der Waals surface area contributed by atoms with Gasteiger partial charge in [-0.1, -0.05) is 54.4 Å². The van der Waals surface area contributed by atoms with Crippen LogP contribution in [0.3, 0.4) is 0 Å². The zero-order valence-electron chi connectivity index (χ0n) is 41.2. The minimum Gasteiger partial charge on any atom is -0.444 e. The number of aliphatic hydroxyl groups excluding tert-OH is 1. The topological polar surface area (TPSA) is 150 Å². The summed E-state index contributed by atoms with van der Waals surface area (Å²) in [5.74, 6) is 1.84. The van der Waals surface area contributed by atoms with E-state index in [2.05, 4.69) is 58.2 Å². The number of rotatable bonds is 7. The van der Waals surface area contributed by atoms with Crippen LogP contribution in [0.25, 0.3) is 23.3 Å². The number of nitrogens with zero attached hydrogens (tertiary/aromatic N) is 7. The Hall–Kier alpha value is -6.78. The van der Waals surface area contributed by atoms with Gasteiger partial charge in [-0.25, -0.2) is 14.6 Å². The van der Waals surface area contributed by atoms with E-state index in [-0.39, 0.29) is 30.6 Å². The van der Waals surface area contributed by atoms with Gasteiger partial charge in [0.2, 0.25) is 0 Å². The smallest absolute Gasteiger partial charge is 0.410 e. The Morgan fingerprint density at radius 2 is 1.29 bits per heavy atom. The standard InChI is InChI=1S/C33H31ClN6O.C25H29ClN2O3/c1-2-30-36-14-17-40(30)21-25-18-24-19-26(34)7-10-28(24)31(32-29(25)4-3-13-37-32)23-11-15-39(16-12-23)33(41)38-27-8-5-22(20-35)6-9-27;1-25(2,3)31-24(30)28-11-8-16(9-12-28)22-20-7-6-19(26)14-17(20)13-18(15-29)21-5-4-10-27-23(21)22/h3-10,13-14,17-19,23,31H,2,11-12,15-16,21H2,1H3,(H,38,41);4-7,10,13-14,16,22,29H,8-9,11-12,15H2,1-3H3. The summed E-state index contributed by atoms with van der Waals surface area (Å²) in [6, 6.07) is 29.2. The Kier molecular flexibility index (Phi) is 15.3. The third-order valence-corrected chi connectivity index (χ3v) is 14.7. The molecule has 0 saturated carbocycles. The number of anilines is 1. The predicted molar refractivity (Wildman–Crippen MR) is 285 cm³/mol. The van der Waals surface area contributed by atoms with E-state index < -0.39 is 5.60 Å². The molecule has 2 atom stereocenters. The van der Waals surface area contributed by atoms with Crippen LogP contribution in [0, 0.1) is 23.2 Å². The van der Waals surface area contributed by atoms with Gasteiger partial charge in [0, 0.05) is 103 Å². The van der Waals surface area contributed by atoms with Gasteiger partial charge in [-0.3, -0.25) is 9.97 Å². The number of carbonyl (C=O) groups is 2. The number of ether oxygens (including phenoxy) is 1. The van der Waals surface area contributed by atoms with Crippen LogP contribution in [0.1, 0.15) is 121 Å². The average molecular weight is 1000 g/mol. The van der Waals surface area contributed by atoms with Crippen molar-refractivity contribution >= 4 is 64.3 Å². The number of allylic oxidation sites excluding steroid dienone is 1. The van der Waals surface area contributed by atoms with E-state index in [0.717, 1.165) is 77.1 Å². The lowest BCUT2D eigenvalue weighted by molar-refractivity contribution is 0.0178. The Labute approximate surface area is 432 Å². The number of urea groups is 1. The average Bonchev–Trinajstić information content (AvgIpc) is 3.73. The number of piperidine rings is 2. The molecule has 12 nitrogen and oxygen atoms in total. The first-order valence-corrected chi connectivity index (χ1v) is 25.6. The second kappa shape index (κ2) is 21.9. The molecule has 2 aliphatic heterocycles. The Morgan fingerprint density at radius 3 is 1.82 bits per heavy atom. The van der Waals surface area contributed by atoms with Crippen molar-refractivity contribution < 1.29 is 19.4 Å². The fourth-order valence-corrected chi connectivity index (χ4v) is 11.2. The number of likely N-dealkylation sites (tertiary alicyclic amines) is 2. The molecule has 0 radical (unpaired) electrons. The van der Waals surface area contributed by atoms with Crippen molar-refractivity contribution in [3.63, 3.8) is 0 Å². The Balaban J connectivity index is 0.000000185. The monoisotopic (exact) mass is 1000 g/mol. The SMILES string of the molecule is CC(C)(C)OC(=O)N1CCC(C2c3ccc(Cl)cc3C=C(CO)c3cccnc32)CC1.CCc1nccn1CC1=Cc2cc(Cl)ccc2C(C2CCN(C(=O)Nc3ccc(C#N)cc3)CC2)c2ncccc21. The summed E-state index contributed by atoms with van der Waals surface area (Å²) >= 11 is 12.8. The van der Waals surface area contributed by atoms with Gasteiger partial charge in [-0.05, 0) is 165 Å². The van der Waals surface area contributed by atoms with Gasteiger partial charge in [0.15, 0.2) is 0 Å². The minimum absolute atomic E-state index is 0.0611. The molecule has 370 valence electrons. The summed E-state index contributed by atoms with van der Waals surface area (Å²) in [5, 5.41) is 23.4. The molecule has 0 bridgehead atoms. The van der Waals surface area contributed by atoms with Crippen LogP contribution in [0.4, 0.5) is 15.3 Å². The van der Waals surface area contributed by atoms with Gasteiger partial charge in [-0.15, -0.1) is 0 Å². The number of nitrogens with one attached hydrogen (secondary N) is 1. The second-order valence-corrected chi connectivity index (χ2v) is 20.8. The summed E-state index contributed by atoms with van der Waals surface area (Å²) in [5.41, 5.74) is 11.5. The van der Waals surface area contributed by atoms with Crippen molar-refractivity contribution in [2.75, 3.05) is 38.1 Å². The molecule has 72 heavy (non-hydrogen) atoms. The van der Waals surface area contributed by atoms with Gasteiger partial charge in [0.05, 0.1) is 29.6 Å². The molecule has 2 N–H and O–H groups in total. The maximum absolute atomic E-state index is 13.0. The summed E-state index contributed by atoms with van der Waals surface area (Å²) in [4.78, 5) is 43.5. The lowest BCUT2D eigenvalue weighted by atomic mass is 9.76. The van der Waals surface area contributed by atoms with Crippen LogP contribution in [-0.2, 0) is 17.7 Å². The number of halogens is 2. The molecule has 10 rings (SSSR count). The number of pyridine rings is 2. The van der Waals surface area contributed by atoms with Crippen molar-refractivity contribution in [2.24, 2.45) is 11.8 Å². The van der Waals surface area contributed by atoms with Crippen molar-refractivity contribution in [3.05, 3.63) is 176 Å². The normalized spacial score (nSPS) is 17.8. The summed E-state index contributed by atoms with van der Waals surface area (Å²) in [7, 11) is 0. The number of imidazole rings is 1. The number of aliphatic hydroxyl groups is 1. The van der Waals surface area contributed by atoms with Crippen molar-refractivity contribution in [3.8, 4) is 6.07 Å². The van der Waals surface area contributed by atoms with Gasteiger partial charge < -0.3 is 29.5 Å². The number of carbonyl (C=O) groups excluding carboxylic acids is 2. The third kappa shape index (κ3) is 11.1. The molecular weight excluding hydrogens is 944 g/mol. The zero-order chi connectivity index (χ0) is 50.5. The molecule has 2 unspecified atom stereocenters. The number of fused-ring (bicyclic) bond motifs is 4. The molecule has 3 amide bonds. The summed E-state index contributed by atoms with van der Waals surface area (Å²) in [6.07, 6.45) is 15.9. The first-order chi connectivity index (χ1) is 34.8. The number of amides is 3. The first-order valence-electron chi connectivity index (χ1n) is 24.9. The number of aryl methyl sites for hydroxylation is 1. The van der Waals surface area contributed by atoms with Crippen molar-refractivity contribution in [1.29, 1.82) is 5.26 Å². The largest absolute Gasteiger partial charge is 0.444 e. The van der Waals surface area contributed by atoms with Gasteiger partial charge in [-0.2, -0.15) is 5.26 Å². The molecule has 2 saturated heterocycles. The molecule has 2 aliphatic carbocycles. The number of nitriles is 1. The van der Waals surface area contributed by atoms with E-state index in [1.165, 1.54) is 16.7 Å².